The second-order valence-corrected chi connectivity index (χ2v) is 5.58. The highest BCUT2D eigenvalue weighted by Gasteiger charge is 2.31. The number of aromatic nitrogens is 2. The molecule has 1 aromatic carbocycles. The van der Waals surface area contributed by atoms with E-state index in [9.17, 15) is 18.0 Å². The van der Waals surface area contributed by atoms with Gasteiger partial charge in [-0.25, -0.2) is 9.31 Å². The van der Waals surface area contributed by atoms with E-state index in [4.69, 9.17) is 4.74 Å². The summed E-state index contributed by atoms with van der Waals surface area (Å²) < 4.78 is 45.6. The molecule has 0 spiro atoms. The van der Waals surface area contributed by atoms with E-state index in [0.29, 0.717) is 5.52 Å². The number of hydrogen-bond donors (Lipinski definition) is 0. The molecule has 0 N–H and O–H groups in total. The summed E-state index contributed by atoms with van der Waals surface area (Å²) in [5.41, 5.74) is 1.39. The van der Waals surface area contributed by atoms with Gasteiger partial charge in [-0.15, -0.1) is 0 Å². The standard InChI is InChI=1S/C18H15F3N2O2/c1-3-25-17(24)15-9-14-7-11(2)10-22-23(14)16(15)12-5-4-6-13(8-12)18(19,20)21/h4-10H,3H2,1-2H3. The Kier molecular flexibility index (Phi) is 4.24. The number of alkyl halides is 3. The summed E-state index contributed by atoms with van der Waals surface area (Å²) in [7, 11) is 0. The first kappa shape index (κ1) is 17.0. The second-order valence-electron chi connectivity index (χ2n) is 5.58. The lowest BCUT2D eigenvalue weighted by atomic mass is 10.0. The van der Waals surface area contributed by atoms with Gasteiger partial charge in [-0.2, -0.15) is 18.3 Å². The predicted octanol–water partition coefficient (Wildman–Crippen LogP) is 4.51. The summed E-state index contributed by atoms with van der Waals surface area (Å²) in [4.78, 5) is 12.3. The van der Waals surface area contributed by atoms with Crippen LogP contribution in [0.4, 0.5) is 13.2 Å². The maximum Gasteiger partial charge on any atom is 0.416 e. The SMILES string of the molecule is CCOC(=O)c1cc2cc(C)cnn2c1-c1cccc(C(F)(F)F)c1. The van der Waals surface area contributed by atoms with Crippen molar-refractivity contribution in [3.63, 3.8) is 0 Å². The minimum absolute atomic E-state index is 0.166. The van der Waals surface area contributed by atoms with Crippen molar-refractivity contribution in [1.29, 1.82) is 0 Å². The molecule has 0 bridgehead atoms. The van der Waals surface area contributed by atoms with Gasteiger partial charge in [0.25, 0.3) is 0 Å². The zero-order valence-corrected chi connectivity index (χ0v) is 13.6. The van der Waals surface area contributed by atoms with Crippen molar-refractivity contribution in [3.8, 4) is 11.3 Å². The van der Waals surface area contributed by atoms with Crippen LogP contribution in [0.3, 0.4) is 0 Å². The normalized spacial score (nSPS) is 11.7. The molecule has 0 aliphatic carbocycles. The average Bonchev–Trinajstić information content (AvgIpc) is 2.93. The monoisotopic (exact) mass is 348 g/mol. The van der Waals surface area contributed by atoms with Crippen molar-refractivity contribution in [3.05, 3.63) is 59.3 Å². The van der Waals surface area contributed by atoms with Gasteiger partial charge in [0.2, 0.25) is 0 Å². The highest BCUT2D eigenvalue weighted by molar-refractivity contribution is 5.99. The van der Waals surface area contributed by atoms with Crippen LogP contribution in [-0.4, -0.2) is 22.2 Å². The molecule has 0 atom stereocenters. The first-order valence-corrected chi connectivity index (χ1v) is 7.64. The first-order valence-electron chi connectivity index (χ1n) is 7.64. The van der Waals surface area contributed by atoms with Crippen LogP contribution in [0.2, 0.25) is 0 Å². The number of ether oxygens (including phenoxy) is 1. The molecule has 0 unspecified atom stereocenters. The quantitative estimate of drug-likeness (QED) is 0.654. The van der Waals surface area contributed by atoms with E-state index >= 15 is 0 Å². The lowest BCUT2D eigenvalue weighted by Crippen LogP contribution is -2.08. The Labute approximate surface area is 141 Å². The van der Waals surface area contributed by atoms with Gasteiger partial charge < -0.3 is 4.74 Å². The van der Waals surface area contributed by atoms with E-state index in [0.717, 1.165) is 17.7 Å². The highest BCUT2D eigenvalue weighted by atomic mass is 19.4. The number of halogens is 3. The number of carbonyl (C=O) groups is 1. The average molecular weight is 348 g/mol. The summed E-state index contributed by atoms with van der Waals surface area (Å²) in [6.07, 6.45) is -2.89. The summed E-state index contributed by atoms with van der Waals surface area (Å²) in [5.74, 6) is -0.599. The summed E-state index contributed by atoms with van der Waals surface area (Å²) in [6.45, 7) is 3.67. The molecule has 0 saturated heterocycles. The third kappa shape index (κ3) is 3.22. The molecule has 7 heteroatoms. The van der Waals surface area contributed by atoms with Crippen molar-refractivity contribution in [2.24, 2.45) is 0 Å². The number of carbonyl (C=O) groups excluding carboxylic acids is 1. The van der Waals surface area contributed by atoms with Gasteiger partial charge >= 0.3 is 12.1 Å². The minimum atomic E-state index is -4.48. The van der Waals surface area contributed by atoms with Crippen LogP contribution >= 0.6 is 0 Å². The third-order valence-electron chi connectivity index (χ3n) is 3.71. The molecule has 130 valence electrons. The lowest BCUT2D eigenvalue weighted by molar-refractivity contribution is -0.137. The largest absolute Gasteiger partial charge is 0.462 e. The van der Waals surface area contributed by atoms with E-state index in [1.54, 1.807) is 25.3 Å². The molecule has 0 radical (unpaired) electrons. The Balaban J connectivity index is 2.27. The van der Waals surface area contributed by atoms with Crippen LogP contribution in [0.25, 0.3) is 16.8 Å². The molecule has 2 aromatic heterocycles. The molecule has 0 saturated carbocycles. The number of benzene rings is 1. The van der Waals surface area contributed by atoms with Crippen molar-refractivity contribution < 1.29 is 22.7 Å². The zero-order valence-electron chi connectivity index (χ0n) is 13.6. The van der Waals surface area contributed by atoms with Gasteiger partial charge in [-0.1, -0.05) is 12.1 Å². The van der Waals surface area contributed by atoms with Crippen LogP contribution in [0.1, 0.15) is 28.4 Å². The Morgan fingerprint density at radius 1 is 1.24 bits per heavy atom. The highest BCUT2D eigenvalue weighted by Crippen LogP contribution is 2.34. The number of rotatable bonds is 3. The number of aryl methyl sites for hydroxylation is 1. The van der Waals surface area contributed by atoms with Crippen LogP contribution < -0.4 is 0 Å². The van der Waals surface area contributed by atoms with E-state index < -0.39 is 17.7 Å². The predicted molar refractivity (Wildman–Crippen MR) is 86.3 cm³/mol. The summed E-state index contributed by atoms with van der Waals surface area (Å²) >= 11 is 0. The van der Waals surface area contributed by atoms with Gasteiger partial charge in [0.15, 0.2) is 0 Å². The topological polar surface area (TPSA) is 43.6 Å². The van der Waals surface area contributed by atoms with Crippen molar-refractivity contribution in [2.75, 3.05) is 6.61 Å². The Bertz CT molecular complexity index is 945. The molecule has 3 rings (SSSR count). The molecule has 0 aliphatic rings. The summed E-state index contributed by atoms with van der Waals surface area (Å²) in [5, 5.41) is 4.24. The molecule has 3 aromatic rings. The van der Waals surface area contributed by atoms with Gasteiger partial charge in [-0.3, -0.25) is 0 Å². The molecular formula is C18H15F3N2O2. The number of esters is 1. The zero-order chi connectivity index (χ0) is 18.2. The van der Waals surface area contributed by atoms with E-state index in [-0.39, 0.29) is 23.4 Å². The smallest absolute Gasteiger partial charge is 0.416 e. The lowest BCUT2D eigenvalue weighted by Gasteiger charge is -2.10. The van der Waals surface area contributed by atoms with Gasteiger partial charge in [0.05, 0.1) is 35.1 Å². The van der Waals surface area contributed by atoms with Gasteiger partial charge in [-0.05, 0) is 43.7 Å². The first-order chi connectivity index (χ1) is 11.8. The Morgan fingerprint density at radius 2 is 2.00 bits per heavy atom. The fourth-order valence-corrected chi connectivity index (χ4v) is 2.65. The fraction of sp³-hybridized carbons (Fsp3) is 0.222. The van der Waals surface area contributed by atoms with Crippen molar-refractivity contribution in [1.82, 2.24) is 9.61 Å². The second kappa shape index (κ2) is 6.23. The van der Waals surface area contributed by atoms with Crippen LogP contribution in [0.5, 0.6) is 0 Å². The molecule has 0 fully saturated rings. The van der Waals surface area contributed by atoms with Gasteiger partial charge in [0, 0.05) is 5.56 Å². The molecule has 0 amide bonds. The molecule has 25 heavy (non-hydrogen) atoms. The van der Waals surface area contributed by atoms with Crippen LogP contribution in [0.15, 0.2) is 42.6 Å². The number of nitrogens with zero attached hydrogens (tertiary/aromatic N) is 2. The maximum absolute atomic E-state index is 13.0. The Hall–Kier alpha value is -2.83. The van der Waals surface area contributed by atoms with Crippen molar-refractivity contribution in [2.45, 2.75) is 20.0 Å². The number of hydrogen-bond acceptors (Lipinski definition) is 3. The van der Waals surface area contributed by atoms with Crippen LogP contribution in [0, 0.1) is 6.92 Å². The van der Waals surface area contributed by atoms with Crippen LogP contribution in [-0.2, 0) is 10.9 Å². The molecule has 2 heterocycles. The van der Waals surface area contributed by atoms with Crippen molar-refractivity contribution >= 4 is 11.5 Å². The number of fused-ring (bicyclic) bond motifs is 1. The fourth-order valence-electron chi connectivity index (χ4n) is 2.65. The maximum atomic E-state index is 13.0. The molecular weight excluding hydrogens is 333 g/mol. The third-order valence-corrected chi connectivity index (χ3v) is 3.71. The Morgan fingerprint density at radius 3 is 2.68 bits per heavy atom. The summed E-state index contributed by atoms with van der Waals surface area (Å²) in [6, 6.07) is 8.19. The molecule has 0 aliphatic heterocycles. The van der Waals surface area contributed by atoms with E-state index in [1.165, 1.54) is 16.6 Å². The minimum Gasteiger partial charge on any atom is -0.462 e. The molecule has 4 nitrogen and oxygen atoms in total. The van der Waals surface area contributed by atoms with E-state index in [1.807, 2.05) is 6.92 Å². The van der Waals surface area contributed by atoms with Gasteiger partial charge in [0.1, 0.15) is 0 Å². The van der Waals surface area contributed by atoms with E-state index in [2.05, 4.69) is 5.10 Å².